The lowest BCUT2D eigenvalue weighted by atomic mass is 10.1. The summed E-state index contributed by atoms with van der Waals surface area (Å²) in [4.78, 5) is 10.3. The van der Waals surface area contributed by atoms with E-state index in [1.807, 2.05) is 0 Å². The number of carboxylic acid groups (broad SMARTS) is 1. The standard InChI is InChI=1S/C12H9F3O4S/c1-20(18,19)10-5-8(2-3-12(13,14)15)4-9(6-10)7-11(16)17/h4-6H,7H2,1H3,(H,16,17). The van der Waals surface area contributed by atoms with Crippen LogP contribution in [0.3, 0.4) is 0 Å². The fourth-order valence-corrected chi connectivity index (χ4v) is 2.07. The van der Waals surface area contributed by atoms with Crippen molar-refractivity contribution >= 4 is 15.8 Å². The minimum Gasteiger partial charge on any atom is -0.481 e. The maximum atomic E-state index is 12.0. The van der Waals surface area contributed by atoms with Crippen LogP contribution in [-0.4, -0.2) is 31.9 Å². The molecule has 0 radical (unpaired) electrons. The number of aliphatic carboxylic acids is 1. The van der Waals surface area contributed by atoms with Crippen molar-refractivity contribution in [1.29, 1.82) is 0 Å². The maximum absolute atomic E-state index is 12.0. The van der Waals surface area contributed by atoms with Crippen LogP contribution in [0.1, 0.15) is 11.1 Å². The van der Waals surface area contributed by atoms with Crippen molar-refractivity contribution in [3.05, 3.63) is 29.3 Å². The molecule has 0 fully saturated rings. The van der Waals surface area contributed by atoms with Gasteiger partial charge in [0.2, 0.25) is 0 Å². The average molecular weight is 306 g/mol. The number of sulfone groups is 1. The fraction of sp³-hybridized carbons (Fsp3) is 0.250. The van der Waals surface area contributed by atoms with Crippen molar-refractivity contribution in [2.75, 3.05) is 6.26 Å². The lowest BCUT2D eigenvalue weighted by Crippen LogP contribution is -2.05. The van der Waals surface area contributed by atoms with Gasteiger partial charge in [-0.2, -0.15) is 13.2 Å². The third-order valence-electron chi connectivity index (χ3n) is 2.10. The lowest BCUT2D eigenvalue weighted by molar-refractivity contribution is -0.136. The molecule has 0 spiro atoms. The first-order valence-electron chi connectivity index (χ1n) is 5.13. The van der Waals surface area contributed by atoms with Gasteiger partial charge in [-0.1, -0.05) is 5.92 Å². The molecule has 0 aliphatic carbocycles. The molecule has 0 amide bonds. The molecular formula is C12H9F3O4S. The van der Waals surface area contributed by atoms with Gasteiger partial charge in [0.25, 0.3) is 0 Å². The molecule has 4 nitrogen and oxygen atoms in total. The van der Waals surface area contributed by atoms with Crippen LogP contribution in [-0.2, 0) is 21.1 Å². The van der Waals surface area contributed by atoms with Crippen molar-refractivity contribution in [2.45, 2.75) is 17.5 Å². The maximum Gasteiger partial charge on any atom is 0.458 e. The van der Waals surface area contributed by atoms with Gasteiger partial charge in [-0.15, -0.1) is 0 Å². The highest BCUT2D eigenvalue weighted by Crippen LogP contribution is 2.17. The van der Waals surface area contributed by atoms with E-state index in [1.54, 1.807) is 5.92 Å². The summed E-state index contributed by atoms with van der Waals surface area (Å²) in [7, 11) is -3.68. The molecule has 8 heteroatoms. The lowest BCUT2D eigenvalue weighted by Gasteiger charge is -2.04. The van der Waals surface area contributed by atoms with Gasteiger partial charge in [-0.05, 0) is 23.8 Å². The number of hydrogen-bond acceptors (Lipinski definition) is 3. The third kappa shape index (κ3) is 5.32. The van der Waals surface area contributed by atoms with Gasteiger partial charge in [-0.3, -0.25) is 4.79 Å². The largest absolute Gasteiger partial charge is 0.481 e. The van der Waals surface area contributed by atoms with E-state index >= 15 is 0 Å². The van der Waals surface area contributed by atoms with E-state index in [0.717, 1.165) is 30.4 Å². The Morgan fingerprint density at radius 3 is 2.35 bits per heavy atom. The monoisotopic (exact) mass is 306 g/mol. The Kier molecular flexibility index (Phi) is 4.45. The number of halogens is 3. The summed E-state index contributed by atoms with van der Waals surface area (Å²) in [5, 5.41) is 8.65. The number of hydrogen-bond donors (Lipinski definition) is 1. The number of benzene rings is 1. The molecule has 0 atom stereocenters. The molecular weight excluding hydrogens is 297 g/mol. The predicted molar refractivity (Wildman–Crippen MR) is 63.8 cm³/mol. The second kappa shape index (κ2) is 5.54. The molecule has 108 valence electrons. The molecule has 0 aliphatic heterocycles. The first-order chi connectivity index (χ1) is 8.97. The van der Waals surface area contributed by atoms with Crippen molar-refractivity contribution in [3.8, 4) is 11.8 Å². The first-order valence-corrected chi connectivity index (χ1v) is 7.02. The van der Waals surface area contributed by atoms with E-state index in [4.69, 9.17) is 5.11 Å². The SMILES string of the molecule is CS(=O)(=O)c1cc(C#CC(F)(F)F)cc(CC(=O)O)c1. The Morgan fingerprint density at radius 2 is 1.90 bits per heavy atom. The first kappa shape index (κ1) is 16.0. The zero-order valence-electron chi connectivity index (χ0n) is 10.2. The molecule has 1 aromatic carbocycles. The van der Waals surface area contributed by atoms with Gasteiger partial charge in [0.05, 0.1) is 11.3 Å². The van der Waals surface area contributed by atoms with Crippen molar-refractivity contribution < 1.29 is 31.5 Å². The number of rotatable bonds is 3. The molecule has 0 heterocycles. The summed E-state index contributed by atoms with van der Waals surface area (Å²) in [6.07, 6.45) is -4.36. The highest BCUT2D eigenvalue weighted by molar-refractivity contribution is 7.90. The Bertz CT molecular complexity index is 694. The van der Waals surface area contributed by atoms with E-state index in [9.17, 15) is 26.4 Å². The van der Waals surface area contributed by atoms with Crippen LogP contribution in [0.4, 0.5) is 13.2 Å². The Labute approximate surface area is 113 Å². The Hall–Kier alpha value is -2.01. The average Bonchev–Trinajstić information content (AvgIpc) is 2.23. The third-order valence-corrected chi connectivity index (χ3v) is 3.19. The molecule has 0 aromatic heterocycles. The molecule has 0 saturated heterocycles. The number of carboxylic acids is 1. The number of carbonyl (C=O) groups is 1. The highest BCUT2D eigenvalue weighted by atomic mass is 32.2. The Balaban J connectivity index is 3.37. The van der Waals surface area contributed by atoms with Crippen LogP contribution < -0.4 is 0 Å². The second-order valence-electron chi connectivity index (χ2n) is 3.96. The zero-order valence-corrected chi connectivity index (χ0v) is 11.0. The van der Waals surface area contributed by atoms with Gasteiger partial charge >= 0.3 is 12.1 Å². The van der Waals surface area contributed by atoms with Crippen LogP contribution in [0.15, 0.2) is 23.1 Å². The van der Waals surface area contributed by atoms with Gasteiger partial charge in [0.15, 0.2) is 9.84 Å². The minimum atomic E-state index is -4.71. The molecule has 0 saturated carbocycles. The van der Waals surface area contributed by atoms with E-state index < -0.39 is 28.4 Å². The Morgan fingerprint density at radius 1 is 1.30 bits per heavy atom. The summed E-state index contributed by atoms with van der Waals surface area (Å²) >= 11 is 0. The van der Waals surface area contributed by atoms with Crippen LogP contribution in [0, 0.1) is 11.8 Å². The van der Waals surface area contributed by atoms with E-state index in [1.165, 1.54) is 0 Å². The quantitative estimate of drug-likeness (QED) is 0.862. The smallest absolute Gasteiger partial charge is 0.458 e. The predicted octanol–water partition coefficient (Wildman–Crippen LogP) is 1.63. The number of alkyl halides is 3. The summed E-state index contributed by atoms with van der Waals surface area (Å²) in [5.74, 6) is 1.55. The minimum absolute atomic E-state index is 0.0619. The van der Waals surface area contributed by atoms with Gasteiger partial charge in [0, 0.05) is 17.7 Å². The van der Waals surface area contributed by atoms with Crippen molar-refractivity contribution in [2.24, 2.45) is 0 Å². The molecule has 1 rings (SSSR count). The summed E-state index contributed by atoms with van der Waals surface area (Å²) in [5.41, 5.74) is -0.145. The van der Waals surface area contributed by atoms with Crippen LogP contribution in [0.2, 0.25) is 0 Å². The van der Waals surface area contributed by atoms with Gasteiger partial charge in [0.1, 0.15) is 0 Å². The van der Waals surface area contributed by atoms with E-state index in [0.29, 0.717) is 0 Å². The van der Waals surface area contributed by atoms with E-state index in [2.05, 4.69) is 0 Å². The van der Waals surface area contributed by atoms with Crippen molar-refractivity contribution in [1.82, 2.24) is 0 Å². The second-order valence-corrected chi connectivity index (χ2v) is 5.97. The van der Waals surface area contributed by atoms with Crippen molar-refractivity contribution in [3.63, 3.8) is 0 Å². The molecule has 0 unspecified atom stereocenters. The summed E-state index contributed by atoms with van der Waals surface area (Å²) in [6.45, 7) is 0. The van der Waals surface area contributed by atoms with E-state index in [-0.39, 0.29) is 16.0 Å². The molecule has 20 heavy (non-hydrogen) atoms. The molecule has 1 aromatic rings. The molecule has 1 N–H and O–H groups in total. The van der Waals surface area contributed by atoms with Crippen LogP contribution >= 0.6 is 0 Å². The summed E-state index contributed by atoms with van der Waals surface area (Å²) < 4.78 is 58.8. The van der Waals surface area contributed by atoms with Gasteiger partial charge < -0.3 is 5.11 Å². The van der Waals surface area contributed by atoms with Gasteiger partial charge in [-0.25, -0.2) is 8.42 Å². The normalized spacial score (nSPS) is 11.6. The highest BCUT2D eigenvalue weighted by Gasteiger charge is 2.23. The molecule has 0 aliphatic rings. The van der Waals surface area contributed by atoms with Crippen LogP contribution in [0.25, 0.3) is 0 Å². The molecule has 0 bridgehead atoms. The fourth-order valence-electron chi connectivity index (χ4n) is 1.37. The topological polar surface area (TPSA) is 71.4 Å². The summed E-state index contributed by atoms with van der Waals surface area (Å²) in [6, 6.07) is 3.18. The van der Waals surface area contributed by atoms with Crippen LogP contribution in [0.5, 0.6) is 0 Å². The zero-order chi connectivity index (χ0) is 15.6.